The molecular formula is C15H14N2O4. The fourth-order valence-corrected chi connectivity index (χ4v) is 1.93. The van der Waals surface area contributed by atoms with Crippen molar-refractivity contribution in [2.24, 2.45) is 0 Å². The number of nitrogens with zero attached hydrogens (tertiary/aromatic N) is 1. The van der Waals surface area contributed by atoms with Crippen molar-refractivity contribution in [3.63, 3.8) is 0 Å². The number of carboxylic acids is 1. The Bertz CT molecular complexity index is 626. The summed E-state index contributed by atoms with van der Waals surface area (Å²) in [5.41, 5.74) is 1.42. The van der Waals surface area contributed by atoms with Gasteiger partial charge in [0.05, 0.1) is 4.92 Å². The number of carbonyl (C=O) groups is 1. The molecule has 6 nitrogen and oxygen atoms in total. The number of hydrogen-bond acceptors (Lipinski definition) is 4. The van der Waals surface area contributed by atoms with Crippen molar-refractivity contribution in [2.45, 2.75) is 12.5 Å². The number of carboxylic acid groups (broad SMARTS) is 1. The summed E-state index contributed by atoms with van der Waals surface area (Å²) in [4.78, 5) is 21.4. The number of nitrogens with one attached hydrogen (secondary N) is 1. The van der Waals surface area contributed by atoms with Crippen molar-refractivity contribution >= 4 is 17.3 Å². The SMILES string of the molecule is O=C(O)C(Cc1ccc([N+](=O)[O-])cc1)Nc1ccccc1. The second-order valence-corrected chi connectivity index (χ2v) is 4.53. The van der Waals surface area contributed by atoms with E-state index in [0.717, 1.165) is 5.56 Å². The van der Waals surface area contributed by atoms with Crippen LogP contribution in [0.15, 0.2) is 54.6 Å². The van der Waals surface area contributed by atoms with E-state index in [-0.39, 0.29) is 12.1 Å². The van der Waals surface area contributed by atoms with Crippen LogP contribution in [0, 0.1) is 10.1 Å². The van der Waals surface area contributed by atoms with Crippen molar-refractivity contribution in [3.8, 4) is 0 Å². The molecule has 2 aromatic rings. The standard InChI is InChI=1S/C15H14N2O4/c18-15(19)14(16-12-4-2-1-3-5-12)10-11-6-8-13(9-7-11)17(20)21/h1-9,14,16H,10H2,(H,18,19). The molecule has 2 rings (SSSR count). The molecule has 6 heteroatoms. The van der Waals surface area contributed by atoms with Gasteiger partial charge in [-0.05, 0) is 17.7 Å². The van der Waals surface area contributed by atoms with Crippen LogP contribution in [0.2, 0.25) is 0 Å². The smallest absolute Gasteiger partial charge is 0.326 e. The maximum atomic E-state index is 11.3. The molecule has 1 atom stereocenters. The van der Waals surface area contributed by atoms with Gasteiger partial charge in [0.15, 0.2) is 0 Å². The zero-order valence-electron chi connectivity index (χ0n) is 11.1. The number of nitro benzene ring substituents is 1. The van der Waals surface area contributed by atoms with Crippen LogP contribution < -0.4 is 5.32 Å². The number of rotatable bonds is 6. The van der Waals surface area contributed by atoms with Gasteiger partial charge in [0.1, 0.15) is 6.04 Å². The van der Waals surface area contributed by atoms with E-state index in [9.17, 15) is 20.0 Å². The minimum absolute atomic E-state index is 0.0124. The highest BCUT2D eigenvalue weighted by Crippen LogP contribution is 2.15. The zero-order valence-corrected chi connectivity index (χ0v) is 11.1. The van der Waals surface area contributed by atoms with E-state index in [2.05, 4.69) is 5.32 Å². The highest BCUT2D eigenvalue weighted by atomic mass is 16.6. The lowest BCUT2D eigenvalue weighted by molar-refractivity contribution is -0.384. The lowest BCUT2D eigenvalue weighted by Gasteiger charge is -2.15. The normalized spacial score (nSPS) is 11.6. The number of hydrogen-bond donors (Lipinski definition) is 2. The Morgan fingerprint density at radius 3 is 2.29 bits per heavy atom. The molecule has 21 heavy (non-hydrogen) atoms. The van der Waals surface area contributed by atoms with Crippen LogP contribution in [0.4, 0.5) is 11.4 Å². The highest BCUT2D eigenvalue weighted by Gasteiger charge is 2.18. The maximum Gasteiger partial charge on any atom is 0.326 e. The van der Waals surface area contributed by atoms with Crippen molar-refractivity contribution in [1.82, 2.24) is 0 Å². The molecule has 0 bridgehead atoms. The predicted molar refractivity (Wildman–Crippen MR) is 78.3 cm³/mol. The molecule has 0 saturated heterocycles. The Balaban J connectivity index is 2.09. The van der Waals surface area contributed by atoms with Crippen LogP contribution >= 0.6 is 0 Å². The summed E-state index contributed by atoms with van der Waals surface area (Å²) < 4.78 is 0. The lowest BCUT2D eigenvalue weighted by Crippen LogP contribution is -2.31. The van der Waals surface area contributed by atoms with Gasteiger partial charge < -0.3 is 10.4 Å². The molecular weight excluding hydrogens is 272 g/mol. The molecule has 0 amide bonds. The van der Waals surface area contributed by atoms with Gasteiger partial charge >= 0.3 is 5.97 Å². The zero-order chi connectivity index (χ0) is 15.2. The first-order valence-electron chi connectivity index (χ1n) is 6.34. The van der Waals surface area contributed by atoms with Crippen LogP contribution in [-0.4, -0.2) is 22.0 Å². The topological polar surface area (TPSA) is 92.5 Å². The molecule has 0 radical (unpaired) electrons. The summed E-state index contributed by atoms with van der Waals surface area (Å²) in [7, 11) is 0. The number of anilines is 1. The minimum Gasteiger partial charge on any atom is -0.480 e. The van der Waals surface area contributed by atoms with E-state index in [1.54, 1.807) is 24.3 Å². The fourth-order valence-electron chi connectivity index (χ4n) is 1.93. The van der Waals surface area contributed by atoms with E-state index < -0.39 is 16.9 Å². The van der Waals surface area contributed by atoms with E-state index in [1.807, 2.05) is 18.2 Å². The van der Waals surface area contributed by atoms with E-state index >= 15 is 0 Å². The fraction of sp³-hybridized carbons (Fsp3) is 0.133. The molecule has 0 spiro atoms. The monoisotopic (exact) mass is 286 g/mol. The van der Waals surface area contributed by atoms with Gasteiger partial charge in [-0.25, -0.2) is 4.79 Å². The highest BCUT2D eigenvalue weighted by molar-refractivity contribution is 5.77. The number of nitro groups is 1. The summed E-state index contributed by atoms with van der Waals surface area (Å²) in [6.45, 7) is 0. The predicted octanol–water partition coefficient (Wildman–Crippen LogP) is 2.70. The van der Waals surface area contributed by atoms with Crippen LogP contribution in [0.3, 0.4) is 0 Å². The Kier molecular flexibility index (Phi) is 4.50. The van der Waals surface area contributed by atoms with Crippen molar-refractivity contribution in [2.75, 3.05) is 5.32 Å². The first-order valence-corrected chi connectivity index (χ1v) is 6.34. The van der Waals surface area contributed by atoms with Gasteiger partial charge in [0.2, 0.25) is 0 Å². The quantitative estimate of drug-likeness (QED) is 0.629. The Morgan fingerprint density at radius 1 is 1.14 bits per heavy atom. The molecule has 1 unspecified atom stereocenters. The number of aliphatic carboxylic acids is 1. The van der Waals surface area contributed by atoms with Crippen LogP contribution in [0.5, 0.6) is 0 Å². The molecule has 0 heterocycles. The molecule has 0 aliphatic heterocycles. The van der Waals surface area contributed by atoms with Gasteiger partial charge in [-0.2, -0.15) is 0 Å². The van der Waals surface area contributed by atoms with Crippen molar-refractivity contribution < 1.29 is 14.8 Å². The molecule has 2 aromatic carbocycles. The van der Waals surface area contributed by atoms with E-state index in [4.69, 9.17) is 0 Å². The van der Waals surface area contributed by atoms with E-state index in [0.29, 0.717) is 5.69 Å². The number of benzene rings is 2. The largest absolute Gasteiger partial charge is 0.480 e. The van der Waals surface area contributed by atoms with Gasteiger partial charge in [0, 0.05) is 24.2 Å². The Labute approximate surface area is 121 Å². The van der Waals surface area contributed by atoms with Crippen LogP contribution in [0.25, 0.3) is 0 Å². The molecule has 0 aliphatic rings. The second kappa shape index (κ2) is 6.51. The first-order chi connectivity index (χ1) is 10.1. The average molecular weight is 286 g/mol. The molecule has 0 fully saturated rings. The maximum absolute atomic E-state index is 11.3. The number of para-hydroxylation sites is 1. The lowest BCUT2D eigenvalue weighted by atomic mass is 10.1. The Hall–Kier alpha value is -2.89. The minimum atomic E-state index is -0.975. The van der Waals surface area contributed by atoms with Crippen LogP contribution in [0.1, 0.15) is 5.56 Å². The summed E-state index contributed by atoms with van der Waals surface area (Å²) in [6.07, 6.45) is 0.238. The van der Waals surface area contributed by atoms with Gasteiger partial charge in [-0.15, -0.1) is 0 Å². The van der Waals surface area contributed by atoms with Crippen molar-refractivity contribution in [3.05, 3.63) is 70.3 Å². The molecule has 0 saturated carbocycles. The third-order valence-electron chi connectivity index (χ3n) is 3.00. The molecule has 0 aromatic heterocycles. The van der Waals surface area contributed by atoms with Gasteiger partial charge in [0.25, 0.3) is 5.69 Å². The first kappa shape index (κ1) is 14.5. The molecule has 2 N–H and O–H groups in total. The molecule has 108 valence electrons. The third kappa shape index (κ3) is 4.04. The van der Waals surface area contributed by atoms with Gasteiger partial charge in [-0.3, -0.25) is 10.1 Å². The average Bonchev–Trinajstić information content (AvgIpc) is 2.48. The summed E-state index contributed by atoms with van der Waals surface area (Å²) in [5, 5.41) is 22.8. The van der Waals surface area contributed by atoms with E-state index in [1.165, 1.54) is 12.1 Å². The second-order valence-electron chi connectivity index (χ2n) is 4.53. The summed E-state index contributed by atoms with van der Waals surface area (Å²) in [5.74, 6) is -0.975. The molecule has 0 aliphatic carbocycles. The third-order valence-corrected chi connectivity index (χ3v) is 3.00. The van der Waals surface area contributed by atoms with Crippen molar-refractivity contribution in [1.29, 1.82) is 0 Å². The number of non-ortho nitro benzene ring substituents is 1. The summed E-state index contributed by atoms with van der Waals surface area (Å²) in [6, 6.07) is 14.1. The Morgan fingerprint density at radius 2 is 1.76 bits per heavy atom. The van der Waals surface area contributed by atoms with Gasteiger partial charge in [-0.1, -0.05) is 30.3 Å². The van der Waals surface area contributed by atoms with Crippen LogP contribution in [-0.2, 0) is 11.2 Å². The summed E-state index contributed by atoms with van der Waals surface area (Å²) >= 11 is 0.